The molecule has 8 nitrogen and oxygen atoms in total. The van der Waals surface area contributed by atoms with Gasteiger partial charge in [0.1, 0.15) is 12.4 Å². The van der Waals surface area contributed by atoms with E-state index in [2.05, 4.69) is 10.2 Å². The molecule has 0 N–H and O–H groups in total. The monoisotopic (exact) mass is 522 g/mol. The predicted octanol–water partition coefficient (Wildman–Crippen LogP) is 4.84. The Hall–Kier alpha value is -2.53. The second-order valence-electron chi connectivity index (χ2n) is 9.30. The summed E-state index contributed by atoms with van der Waals surface area (Å²) in [5.41, 5.74) is -0.507. The SMILES string of the molecule is COCc1nnc(-c2cc(Cl)c(F)cc2N(C(C)(C)C)S(=O)(=O)c2ccccc2)n1C1CCOC1. The van der Waals surface area contributed by atoms with Crippen molar-refractivity contribution in [1.29, 1.82) is 0 Å². The fourth-order valence-corrected chi connectivity index (χ4v) is 6.28. The second kappa shape index (κ2) is 9.85. The number of methoxy groups -OCH3 is 1. The van der Waals surface area contributed by atoms with Gasteiger partial charge in [-0.3, -0.25) is 4.31 Å². The third kappa shape index (κ3) is 4.93. The topological polar surface area (TPSA) is 86.6 Å². The molecular formula is C24H28ClFN4O4S. The first-order chi connectivity index (χ1) is 16.6. The molecule has 11 heteroatoms. The van der Waals surface area contributed by atoms with E-state index < -0.39 is 21.4 Å². The van der Waals surface area contributed by atoms with Gasteiger partial charge in [0.05, 0.1) is 28.3 Å². The Balaban J connectivity index is 2.00. The lowest BCUT2D eigenvalue weighted by Crippen LogP contribution is -2.46. The van der Waals surface area contributed by atoms with Crippen LogP contribution >= 0.6 is 11.6 Å². The third-order valence-corrected chi connectivity index (χ3v) is 8.08. The maximum atomic E-state index is 14.9. The summed E-state index contributed by atoms with van der Waals surface area (Å²) in [6.07, 6.45) is 0.720. The van der Waals surface area contributed by atoms with Gasteiger partial charge in [-0.25, -0.2) is 12.8 Å². The van der Waals surface area contributed by atoms with Crippen LogP contribution in [0.1, 0.15) is 39.1 Å². The minimum absolute atomic E-state index is 0.0852. The molecule has 1 unspecified atom stereocenters. The summed E-state index contributed by atoms with van der Waals surface area (Å²) in [5.74, 6) is 0.176. The van der Waals surface area contributed by atoms with E-state index >= 15 is 0 Å². The lowest BCUT2D eigenvalue weighted by atomic mass is 10.0. The summed E-state index contributed by atoms with van der Waals surface area (Å²) in [6.45, 7) is 6.44. The van der Waals surface area contributed by atoms with Crippen molar-refractivity contribution in [3.63, 3.8) is 0 Å². The van der Waals surface area contributed by atoms with Crippen molar-refractivity contribution in [2.75, 3.05) is 24.6 Å². The maximum Gasteiger partial charge on any atom is 0.264 e. The molecule has 1 aliphatic heterocycles. The van der Waals surface area contributed by atoms with Crippen molar-refractivity contribution >= 4 is 27.3 Å². The van der Waals surface area contributed by atoms with Crippen LogP contribution in [0.15, 0.2) is 47.4 Å². The van der Waals surface area contributed by atoms with E-state index in [1.54, 1.807) is 46.1 Å². The van der Waals surface area contributed by atoms with Crippen molar-refractivity contribution in [3.8, 4) is 11.4 Å². The molecule has 1 atom stereocenters. The van der Waals surface area contributed by atoms with Crippen molar-refractivity contribution in [1.82, 2.24) is 14.8 Å². The van der Waals surface area contributed by atoms with Gasteiger partial charge in [-0.1, -0.05) is 29.8 Å². The van der Waals surface area contributed by atoms with E-state index in [1.165, 1.54) is 22.5 Å². The lowest BCUT2D eigenvalue weighted by Gasteiger charge is -2.37. The summed E-state index contributed by atoms with van der Waals surface area (Å²) >= 11 is 6.22. The van der Waals surface area contributed by atoms with Crippen molar-refractivity contribution in [2.24, 2.45) is 0 Å². The lowest BCUT2D eigenvalue weighted by molar-refractivity contribution is 0.166. The van der Waals surface area contributed by atoms with Gasteiger partial charge >= 0.3 is 0 Å². The van der Waals surface area contributed by atoms with E-state index in [9.17, 15) is 12.8 Å². The summed E-state index contributed by atoms with van der Waals surface area (Å²) in [6, 6.07) is 10.5. The Morgan fingerprint density at radius 2 is 1.94 bits per heavy atom. The molecule has 2 heterocycles. The summed E-state index contributed by atoms with van der Waals surface area (Å²) < 4.78 is 56.7. The largest absolute Gasteiger partial charge is 0.379 e. The number of hydrogen-bond acceptors (Lipinski definition) is 6. The highest BCUT2D eigenvalue weighted by atomic mass is 35.5. The zero-order valence-corrected chi connectivity index (χ0v) is 21.6. The minimum Gasteiger partial charge on any atom is -0.379 e. The number of benzene rings is 2. The standard InChI is InChI=1S/C24H28ClFN4O4S/c1-24(2,3)30(35(31,32)17-8-6-5-7-9-17)21-13-20(26)19(25)12-18(21)23-28-27-22(15-33-4)29(23)16-10-11-34-14-16/h5-9,12-13,16H,10-11,14-15H2,1-4H3. The van der Waals surface area contributed by atoms with E-state index in [-0.39, 0.29) is 28.3 Å². The fourth-order valence-electron chi connectivity index (χ4n) is 4.28. The molecule has 1 saturated heterocycles. The van der Waals surface area contributed by atoms with Gasteiger partial charge in [0.15, 0.2) is 11.6 Å². The molecule has 0 amide bonds. The first-order valence-electron chi connectivity index (χ1n) is 11.2. The van der Waals surface area contributed by atoms with E-state index in [0.717, 1.165) is 12.5 Å². The summed E-state index contributed by atoms with van der Waals surface area (Å²) in [7, 11) is -2.54. The highest BCUT2D eigenvalue weighted by molar-refractivity contribution is 7.93. The molecule has 35 heavy (non-hydrogen) atoms. The van der Waals surface area contributed by atoms with Gasteiger partial charge in [0.25, 0.3) is 10.0 Å². The van der Waals surface area contributed by atoms with Crippen LogP contribution in [0.4, 0.5) is 10.1 Å². The van der Waals surface area contributed by atoms with Crippen LogP contribution in [-0.4, -0.2) is 49.0 Å². The van der Waals surface area contributed by atoms with Crippen LogP contribution < -0.4 is 4.31 Å². The fraction of sp³-hybridized carbons (Fsp3) is 0.417. The Morgan fingerprint density at radius 1 is 1.23 bits per heavy atom. The first-order valence-corrected chi connectivity index (χ1v) is 13.0. The number of rotatable bonds is 7. The van der Waals surface area contributed by atoms with Crippen LogP contribution in [0.25, 0.3) is 11.4 Å². The van der Waals surface area contributed by atoms with Gasteiger partial charge in [0, 0.05) is 30.9 Å². The number of anilines is 1. The first kappa shape index (κ1) is 25.6. The van der Waals surface area contributed by atoms with E-state index in [4.69, 9.17) is 21.1 Å². The highest BCUT2D eigenvalue weighted by Gasteiger charge is 2.38. The molecule has 1 aliphatic rings. The predicted molar refractivity (Wildman–Crippen MR) is 131 cm³/mol. The van der Waals surface area contributed by atoms with E-state index in [1.807, 2.05) is 4.57 Å². The van der Waals surface area contributed by atoms with Gasteiger partial charge in [0.2, 0.25) is 0 Å². The number of aromatic nitrogens is 3. The quantitative estimate of drug-likeness (QED) is 0.441. The third-order valence-electron chi connectivity index (χ3n) is 5.70. The van der Waals surface area contributed by atoms with Crippen molar-refractivity contribution in [3.05, 3.63) is 59.1 Å². The molecule has 0 saturated carbocycles. The number of ether oxygens (including phenoxy) is 2. The van der Waals surface area contributed by atoms with Crippen LogP contribution in [-0.2, 0) is 26.1 Å². The summed E-state index contributed by atoms with van der Waals surface area (Å²) in [5, 5.41) is 8.51. The Labute approximate surface area is 209 Å². The van der Waals surface area contributed by atoms with Gasteiger partial charge in [-0.2, -0.15) is 0 Å². The van der Waals surface area contributed by atoms with Gasteiger partial charge in [-0.05, 0) is 45.4 Å². The van der Waals surface area contributed by atoms with Crippen LogP contribution in [0.3, 0.4) is 0 Å². The molecule has 4 rings (SSSR count). The van der Waals surface area contributed by atoms with Gasteiger partial charge < -0.3 is 14.0 Å². The molecule has 0 aliphatic carbocycles. The molecule has 0 spiro atoms. The summed E-state index contributed by atoms with van der Waals surface area (Å²) in [4.78, 5) is 0.0852. The van der Waals surface area contributed by atoms with E-state index in [0.29, 0.717) is 30.4 Å². The minimum atomic E-state index is -4.09. The number of nitrogens with zero attached hydrogens (tertiary/aromatic N) is 4. The van der Waals surface area contributed by atoms with Gasteiger partial charge in [-0.15, -0.1) is 10.2 Å². The molecule has 0 bridgehead atoms. The van der Waals surface area contributed by atoms with Crippen molar-refractivity contribution < 1.29 is 22.3 Å². The van der Waals surface area contributed by atoms with Crippen LogP contribution in [0, 0.1) is 5.82 Å². The zero-order chi connectivity index (χ0) is 25.4. The Kier molecular flexibility index (Phi) is 7.19. The number of sulfonamides is 1. The average molecular weight is 523 g/mol. The average Bonchev–Trinajstić information content (AvgIpc) is 3.46. The molecule has 2 aromatic carbocycles. The molecule has 3 aromatic rings. The van der Waals surface area contributed by atoms with Crippen molar-refractivity contribution in [2.45, 2.75) is 50.3 Å². The molecule has 1 fully saturated rings. The van der Waals surface area contributed by atoms with Crippen LogP contribution in [0.5, 0.6) is 0 Å². The number of halogens is 2. The molecule has 0 radical (unpaired) electrons. The van der Waals surface area contributed by atoms with Crippen LogP contribution in [0.2, 0.25) is 5.02 Å². The molecule has 1 aromatic heterocycles. The normalized spacial score (nSPS) is 16.6. The smallest absolute Gasteiger partial charge is 0.264 e. The maximum absolute atomic E-state index is 14.9. The number of hydrogen-bond donors (Lipinski definition) is 0. The zero-order valence-electron chi connectivity index (χ0n) is 20.0. The Bertz CT molecular complexity index is 1300. The second-order valence-corrected chi connectivity index (χ2v) is 11.5. The Morgan fingerprint density at radius 3 is 2.54 bits per heavy atom. The molecule has 188 valence electrons. The molecular weight excluding hydrogens is 495 g/mol. The highest BCUT2D eigenvalue weighted by Crippen LogP contribution is 2.41.